The third kappa shape index (κ3) is 4.65. The summed E-state index contributed by atoms with van der Waals surface area (Å²) >= 11 is 0. The van der Waals surface area contributed by atoms with Gasteiger partial charge in [-0.25, -0.2) is 4.68 Å². The smallest absolute Gasteiger partial charge is 0.280 e. The van der Waals surface area contributed by atoms with Gasteiger partial charge in [-0.15, -0.1) is 0 Å². The molecule has 182 valence electrons. The van der Waals surface area contributed by atoms with Crippen LogP contribution < -0.4 is 15.8 Å². The summed E-state index contributed by atoms with van der Waals surface area (Å²) in [7, 11) is 0. The predicted octanol–water partition coefficient (Wildman–Crippen LogP) is 4.69. The molecule has 1 N–H and O–H groups in total. The van der Waals surface area contributed by atoms with Crippen molar-refractivity contribution in [2.75, 3.05) is 36.5 Å². The van der Waals surface area contributed by atoms with E-state index in [2.05, 4.69) is 15.3 Å². The zero-order valence-corrected chi connectivity index (χ0v) is 20.2. The fourth-order valence-electron chi connectivity index (χ4n) is 4.52. The molecule has 0 radical (unpaired) electrons. The number of ether oxygens (including phenoxy) is 1. The van der Waals surface area contributed by atoms with Crippen LogP contribution in [0.2, 0.25) is 0 Å². The number of morpholine rings is 1. The van der Waals surface area contributed by atoms with Crippen LogP contribution in [0.4, 0.5) is 11.4 Å². The minimum absolute atomic E-state index is 0.0775. The zero-order chi connectivity index (χ0) is 24.9. The zero-order valence-electron chi connectivity index (χ0n) is 20.2. The van der Waals surface area contributed by atoms with Gasteiger partial charge in [0.05, 0.1) is 30.3 Å². The molecule has 3 aromatic carbocycles. The van der Waals surface area contributed by atoms with Gasteiger partial charge in [0, 0.05) is 30.8 Å². The molecule has 0 atom stereocenters. The highest BCUT2D eigenvalue weighted by molar-refractivity contribution is 6.11. The van der Waals surface area contributed by atoms with E-state index < -0.39 is 11.5 Å². The number of nitrogens with one attached hydrogen (secondary N) is 1. The molecule has 7 heteroatoms. The summed E-state index contributed by atoms with van der Waals surface area (Å²) in [5, 5.41) is 7.72. The van der Waals surface area contributed by atoms with Gasteiger partial charge in [-0.1, -0.05) is 72.8 Å². The number of nitrogens with zero attached hydrogens (tertiary/aromatic N) is 3. The van der Waals surface area contributed by atoms with E-state index in [0.717, 1.165) is 29.9 Å². The lowest BCUT2D eigenvalue weighted by molar-refractivity contribution is 0.102. The Morgan fingerprint density at radius 2 is 1.50 bits per heavy atom. The summed E-state index contributed by atoms with van der Waals surface area (Å²) < 4.78 is 6.85. The van der Waals surface area contributed by atoms with E-state index in [1.165, 1.54) is 4.68 Å². The lowest BCUT2D eigenvalue weighted by atomic mass is 9.95. The Bertz CT molecular complexity index is 1410. The van der Waals surface area contributed by atoms with Gasteiger partial charge in [0.25, 0.3) is 11.5 Å². The highest BCUT2D eigenvalue weighted by Gasteiger charge is 2.26. The van der Waals surface area contributed by atoms with Crippen molar-refractivity contribution >= 4 is 17.3 Å². The standard InChI is InChI=1S/C29H28N4O3/c1-2-33-29(35)26(28(34)30-23-15-9-10-16-24(23)32-17-19-36-20-18-32)25(21-11-5-3-6-12-21)27(31-33)22-13-7-4-8-14-22/h3-16H,2,17-20H2,1H3,(H,30,34). The van der Waals surface area contributed by atoms with E-state index in [9.17, 15) is 9.59 Å². The Hall–Kier alpha value is -4.23. The van der Waals surface area contributed by atoms with Crippen LogP contribution in [0.1, 0.15) is 17.3 Å². The molecule has 1 aliphatic heterocycles. The second-order valence-electron chi connectivity index (χ2n) is 8.52. The summed E-state index contributed by atoms with van der Waals surface area (Å²) in [5.41, 5.74) is 3.93. The molecule has 0 aliphatic carbocycles. The van der Waals surface area contributed by atoms with Crippen molar-refractivity contribution in [3.63, 3.8) is 0 Å². The van der Waals surface area contributed by atoms with Crippen LogP contribution in [0.15, 0.2) is 89.7 Å². The first-order valence-corrected chi connectivity index (χ1v) is 12.2. The summed E-state index contributed by atoms with van der Waals surface area (Å²) in [6, 6.07) is 26.8. The summed E-state index contributed by atoms with van der Waals surface area (Å²) in [4.78, 5) is 29.7. The highest BCUT2D eigenvalue weighted by Crippen LogP contribution is 2.33. The number of hydrogen-bond acceptors (Lipinski definition) is 5. The monoisotopic (exact) mass is 480 g/mol. The van der Waals surface area contributed by atoms with Crippen LogP contribution in [-0.2, 0) is 11.3 Å². The molecule has 1 amide bonds. The number of benzene rings is 3. The predicted molar refractivity (Wildman–Crippen MR) is 142 cm³/mol. The molecule has 1 aliphatic rings. The topological polar surface area (TPSA) is 76.5 Å². The molecule has 0 bridgehead atoms. The Kier molecular flexibility index (Phi) is 6.91. The summed E-state index contributed by atoms with van der Waals surface area (Å²) in [6.07, 6.45) is 0. The van der Waals surface area contributed by atoms with Crippen molar-refractivity contribution in [1.29, 1.82) is 0 Å². The van der Waals surface area contributed by atoms with Gasteiger partial charge in [-0.05, 0) is 24.6 Å². The van der Waals surface area contributed by atoms with Gasteiger partial charge >= 0.3 is 0 Å². The van der Waals surface area contributed by atoms with Crippen molar-refractivity contribution in [2.24, 2.45) is 0 Å². The van der Waals surface area contributed by atoms with Crippen molar-refractivity contribution in [3.8, 4) is 22.4 Å². The third-order valence-corrected chi connectivity index (χ3v) is 6.30. The number of carbonyl (C=O) groups excluding carboxylic acids is 1. The maximum absolute atomic E-state index is 13.9. The summed E-state index contributed by atoms with van der Waals surface area (Å²) in [5.74, 6) is -0.457. The second-order valence-corrected chi connectivity index (χ2v) is 8.52. The first-order valence-electron chi connectivity index (χ1n) is 12.2. The largest absolute Gasteiger partial charge is 0.378 e. The number of hydrogen-bond donors (Lipinski definition) is 1. The minimum atomic E-state index is -0.457. The van der Waals surface area contributed by atoms with E-state index in [-0.39, 0.29) is 5.56 Å². The second kappa shape index (κ2) is 10.6. The van der Waals surface area contributed by atoms with Crippen molar-refractivity contribution < 1.29 is 9.53 Å². The maximum atomic E-state index is 13.9. The first kappa shape index (κ1) is 23.5. The maximum Gasteiger partial charge on any atom is 0.280 e. The molecular formula is C29H28N4O3. The fraction of sp³-hybridized carbons (Fsp3) is 0.207. The van der Waals surface area contributed by atoms with Gasteiger partial charge in [-0.3, -0.25) is 9.59 Å². The number of amides is 1. The van der Waals surface area contributed by atoms with Crippen molar-refractivity contribution in [2.45, 2.75) is 13.5 Å². The average molecular weight is 481 g/mol. The molecule has 0 saturated carbocycles. The molecular weight excluding hydrogens is 452 g/mol. The van der Waals surface area contributed by atoms with Gasteiger partial charge in [-0.2, -0.15) is 5.10 Å². The number of rotatable bonds is 6. The van der Waals surface area contributed by atoms with Gasteiger partial charge in [0.15, 0.2) is 0 Å². The van der Waals surface area contributed by atoms with Gasteiger partial charge in [0.1, 0.15) is 5.56 Å². The first-order chi connectivity index (χ1) is 17.7. The van der Waals surface area contributed by atoms with Crippen LogP contribution in [0.5, 0.6) is 0 Å². The van der Waals surface area contributed by atoms with E-state index in [0.29, 0.717) is 36.7 Å². The number of anilines is 2. The molecule has 5 rings (SSSR count). The Balaban J connectivity index is 1.67. The molecule has 1 aromatic heterocycles. The van der Waals surface area contributed by atoms with E-state index in [1.807, 2.05) is 91.9 Å². The molecule has 0 spiro atoms. The van der Waals surface area contributed by atoms with Crippen LogP contribution in [0, 0.1) is 0 Å². The fourth-order valence-corrected chi connectivity index (χ4v) is 4.52. The summed E-state index contributed by atoms with van der Waals surface area (Å²) in [6.45, 7) is 4.93. The molecule has 1 fully saturated rings. The van der Waals surface area contributed by atoms with Crippen LogP contribution in [0.25, 0.3) is 22.4 Å². The quantitative estimate of drug-likeness (QED) is 0.433. The van der Waals surface area contributed by atoms with E-state index in [4.69, 9.17) is 4.74 Å². The highest BCUT2D eigenvalue weighted by atomic mass is 16.5. The lowest BCUT2D eigenvalue weighted by Crippen LogP contribution is -2.37. The Morgan fingerprint density at radius 3 is 2.17 bits per heavy atom. The van der Waals surface area contributed by atoms with Crippen LogP contribution >= 0.6 is 0 Å². The Labute approximate surface area is 210 Å². The normalized spacial score (nSPS) is 13.4. The molecule has 2 heterocycles. The Morgan fingerprint density at radius 1 is 0.889 bits per heavy atom. The van der Waals surface area contributed by atoms with Crippen molar-refractivity contribution in [3.05, 3.63) is 101 Å². The van der Waals surface area contributed by atoms with Crippen LogP contribution in [0.3, 0.4) is 0 Å². The van der Waals surface area contributed by atoms with E-state index in [1.54, 1.807) is 0 Å². The third-order valence-electron chi connectivity index (χ3n) is 6.30. The van der Waals surface area contributed by atoms with Crippen molar-refractivity contribution in [1.82, 2.24) is 9.78 Å². The number of carbonyl (C=O) groups is 1. The SMILES string of the molecule is CCn1nc(-c2ccccc2)c(-c2ccccc2)c(C(=O)Nc2ccccc2N2CCOCC2)c1=O. The number of aromatic nitrogens is 2. The number of para-hydroxylation sites is 2. The lowest BCUT2D eigenvalue weighted by Gasteiger charge is -2.30. The average Bonchev–Trinajstić information content (AvgIpc) is 2.94. The molecule has 0 unspecified atom stereocenters. The number of aryl methyl sites for hydroxylation is 1. The minimum Gasteiger partial charge on any atom is -0.378 e. The van der Waals surface area contributed by atoms with E-state index >= 15 is 0 Å². The van der Waals surface area contributed by atoms with Crippen LogP contribution in [-0.4, -0.2) is 42.0 Å². The van der Waals surface area contributed by atoms with Gasteiger partial charge < -0.3 is 15.0 Å². The van der Waals surface area contributed by atoms with Gasteiger partial charge in [0.2, 0.25) is 0 Å². The molecule has 7 nitrogen and oxygen atoms in total. The molecule has 1 saturated heterocycles. The molecule has 36 heavy (non-hydrogen) atoms. The molecule has 4 aromatic rings.